The van der Waals surface area contributed by atoms with Crippen LogP contribution < -0.4 is 0 Å². The van der Waals surface area contributed by atoms with E-state index in [1.165, 1.54) is 0 Å². The van der Waals surface area contributed by atoms with E-state index in [9.17, 15) is 0 Å². The van der Waals surface area contributed by atoms with Crippen molar-refractivity contribution in [3.8, 4) is 0 Å². The molecule has 0 saturated heterocycles. The lowest BCUT2D eigenvalue weighted by atomic mass is 10.8. The van der Waals surface area contributed by atoms with Crippen molar-refractivity contribution in [3.05, 3.63) is 0 Å². The van der Waals surface area contributed by atoms with E-state index in [1.54, 1.807) is 0 Å². The van der Waals surface area contributed by atoms with Crippen molar-refractivity contribution in [3.63, 3.8) is 0 Å². The minimum atomic E-state index is -2.50. The quantitative estimate of drug-likeness (QED) is 0.353. The predicted molar refractivity (Wildman–Crippen MR) is 70.1 cm³/mol. The molecule has 0 fully saturated rings. The normalized spacial score (nSPS) is 12.0. The van der Waals surface area contributed by atoms with E-state index in [2.05, 4.69) is 12.6 Å². The third-order valence-corrected chi connectivity index (χ3v) is 5.07. The van der Waals surface area contributed by atoms with E-state index in [0.717, 1.165) is 5.75 Å². The Kier molecular flexibility index (Phi) is 10.8. The summed E-state index contributed by atoms with van der Waals surface area (Å²) in [4.78, 5) is 0. The highest BCUT2D eigenvalue weighted by molar-refractivity contribution is 7.80. The first-order valence-electron chi connectivity index (χ1n) is 5.85. The summed E-state index contributed by atoms with van der Waals surface area (Å²) in [5, 5.41) is 0. The topological polar surface area (TPSA) is 36.9 Å². The molecule has 16 heavy (non-hydrogen) atoms. The zero-order valence-electron chi connectivity index (χ0n) is 10.5. The summed E-state index contributed by atoms with van der Waals surface area (Å²) < 4.78 is 22.5. The molecular formula is C10H24O4SSi. The summed E-state index contributed by atoms with van der Waals surface area (Å²) >= 11 is 4.08. The van der Waals surface area contributed by atoms with Crippen molar-refractivity contribution in [1.29, 1.82) is 0 Å². The molecule has 6 heteroatoms. The van der Waals surface area contributed by atoms with E-state index in [-0.39, 0.29) is 0 Å². The van der Waals surface area contributed by atoms with Crippen molar-refractivity contribution in [2.75, 3.05) is 38.8 Å². The zero-order valence-corrected chi connectivity index (χ0v) is 12.4. The highest BCUT2D eigenvalue weighted by Gasteiger charge is 2.39. The molecule has 0 bridgehead atoms. The molecule has 98 valence electrons. The third kappa shape index (κ3) is 6.88. The molecule has 0 saturated carbocycles. The van der Waals surface area contributed by atoms with Crippen LogP contribution in [0.15, 0.2) is 0 Å². The van der Waals surface area contributed by atoms with Gasteiger partial charge in [-0.3, -0.25) is 0 Å². The Hall–Kier alpha value is 0.407. The summed E-state index contributed by atoms with van der Waals surface area (Å²) in [6.07, 6.45) is 0. The van der Waals surface area contributed by atoms with Gasteiger partial charge in [-0.05, 0) is 20.8 Å². The van der Waals surface area contributed by atoms with E-state index in [4.69, 9.17) is 18.0 Å². The fourth-order valence-corrected chi connectivity index (χ4v) is 3.89. The van der Waals surface area contributed by atoms with Crippen molar-refractivity contribution >= 4 is 21.4 Å². The van der Waals surface area contributed by atoms with Gasteiger partial charge in [-0.15, -0.1) is 0 Å². The molecule has 0 atom stereocenters. The highest BCUT2D eigenvalue weighted by atomic mass is 32.1. The highest BCUT2D eigenvalue weighted by Crippen LogP contribution is 2.15. The van der Waals surface area contributed by atoms with Crippen LogP contribution in [-0.2, 0) is 18.0 Å². The largest absolute Gasteiger partial charge is 0.503 e. The maximum Gasteiger partial charge on any atom is 0.503 e. The average Bonchev–Trinajstić information content (AvgIpc) is 2.26. The van der Waals surface area contributed by atoms with Crippen LogP contribution in [0.2, 0.25) is 6.04 Å². The molecule has 0 spiro atoms. The summed E-state index contributed by atoms with van der Waals surface area (Å²) in [5.41, 5.74) is 0. The van der Waals surface area contributed by atoms with Crippen LogP contribution in [0.1, 0.15) is 20.8 Å². The molecule has 0 unspecified atom stereocenters. The Labute approximate surface area is 105 Å². The molecule has 0 aromatic rings. The fourth-order valence-electron chi connectivity index (χ4n) is 1.37. The second kappa shape index (κ2) is 10.6. The van der Waals surface area contributed by atoms with Crippen LogP contribution >= 0.6 is 12.6 Å². The average molecular weight is 268 g/mol. The van der Waals surface area contributed by atoms with Crippen LogP contribution in [0.3, 0.4) is 0 Å². The lowest BCUT2D eigenvalue weighted by Gasteiger charge is -2.28. The van der Waals surface area contributed by atoms with E-state index < -0.39 is 8.80 Å². The smallest absolute Gasteiger partial charge is 0.381 e. The van der Waals surface area contributed by atoms with Crippen LogP contribution in [0, 0.1) is 0 Å². The summed E-state index contributed by atoms with van der Waals surface area (Å²) in [7, 11) is -2.50. The van der Waals surface area contributed by atoms with E-state index in [0.29, 0.717) is 39.1 Å². The third-order valence-electron chi connectivity index (χ3n) is 1.88. The Morgan fingerprint density at radius 3 is 1.75 bits per heavy atom. The van der Waals surface area contributed by atoms with Gasteiger partial charge in [0.1, 0.15) is 0 Å². The molecule has 0 aliphatic heterocycles. The van der Waals surface area contributed by atoms with Crippen LogP contribution in [0.25, 0.3) is 0 Å². The number of thiol groups is 1. The lowest BCUT2D eigenvalue weighted by Crippen LogP contribution is -2.46. The first-order chi connectivity index (χ1) is 7.74. The molecule has 0 N–H and O–H groups in total. The minimum absolute atomic E-state index is 0.604. The number of rotatable bonds is 11. The summed E-state index contributed by atoms with van der Waals surface area (Å²) in [6.45, 7) is 8.94. The Balaban J connectivity index is 4.12. The van der Waals surface area contributed by atoms with Crippen molar-refractivity contribution < 1.29 is 18.0 Å². The van der Waals surface area contributed by atoms with Crippen LogP contribution in [0.4, 0.5) is 0 Å². The Morgan fingerprint density at radius 2 is 1.38 bits per heavy atom. The maximum absolute atomic E-state index is 5.69. The molecule has 0 radical (unpaired) electrons. The molecule has 0 heterocycles. The maximum atomic E-state index is 5.69. The van der Waals surface area contributed by atoms with Crippen molar-refractivity contribution in [1.82, 2.24) is 0 Å². The molecule has 0 aliphatic rings. The van der Waals surface area contributed by atoms with E-state index in [1.807, 2.05) is 20.8 Å². The first-order valence-corrected chi connectivity index (χ1v) is 8.41. The van der Waals surface area contributed by atoms with Gasteiger partial charge in [0.05, 0.1) is 13.2 Å². The van der Waals surface area contributed by atoms with Gasteiger partial charge in [0.2, 0.25) is 0 Å². The van der Waals surface area contributed by atoms with Gasteiger partial charge in [-0.1, -0.05) is 0 Å². The minimum Gasteiger partial charge on any atom is -0.381 e. The monoisotopic (exact) mass is 268 g/mol. The number of hydrogen-bond donors (Lipinski definition) is 1. The molecule has 4 nitrogen and oxygen atoms in total. The molecule has 0 aliphatic carbocycles. The second-order valence-electron chi connectivity index (χ2n) is 3.07. The number of ether oxygens (including phenoxy) is 1. The molecule has 0 aromatic heterocycles. The van der Waals surface area contributed by atoms with Gasteiger partial charge < -0.3 is 18.0 Å². The molecule has 0 rings (SSSR count). The second-order valence-corrected chi connectivity index (χ2v) is 6.25. The van der Waals surface area contributed by atoms with Gasteiger partial charge in [0, 0.05) is 31.6 Å². The fraction of sp³-hybridized carbons (Fsp3) is 1.00. The van der Waals surface area contributed by atoms with Crippen molar-refractivity contribution in [2.24, 2.45) is 0 Å². The number of hydrogen-bond acceptors (Lipinski definition) is 5. The van der Waals surface area contributed by atoms with Gasteiger partial charge in [0.15, 0.2) is 0 Å². The van der Waals surface area contributed by atoms with E-state index >= 15 is 0 Å². The first kappa shape index (κ1) is 16.4. The Bertz CT molecular complexity index is 143. The standard InChI is InChI=1S/C10H24O4SSi/c1-4-12-16(13-5-2,14-6-3)10-8-11-7-9-15/h15H,4-10H2,1-3H3. The molecule has 0 amide bonds. The summed E-state index contributed by atoms with van der Waals surface area (Å²) in [6, 6.07) is 0.705. The van der Waals surface area contributed by atoms with Gasteiger partial charge in [-0.25, -0.2) is 0 Å². The zero-order chi connectivity index (χ0) is 12.3. The predicted octanol–water partition coefficient (Wildman–Crippen LogP) is 1.98. The Morgan fingerprint density at radius 1 is 0.875 bits per heavy atom. The van der Waals surface area contributed by atoms with Gasteiger partial charge in [0.25, 0.3) is 0 Å². The van der Waals surface area contributed by atoms with Gasteiger partial charge >= 0.3 is 8.80 Å². The van der Waals surface area contributed by atoms with Crippen LogP contribution in [-0.4, -0.2) is 47.6 Å². The van der Waals surface area contributed by atoms with Gasteiger partial charge in [-0.2, -0.15) is 12.6 Å². The SMILES string of the molecule is CCO[Si](CCOCCS)(OCC)OCC. The van der Waals surface area contributed by atoms with Crippen molar-refractivity contribution in [2.45, 2.75) is 26.8 Å². The molecule has 0 aromatic carbocycles. The van der Waals surface area contributed by atoms with Crippen LogP contribution in [0.5, 0.6) is 0 Å². The lowest BCUT2D eigenvalue weighted by molar-refractivity contribution is 0.0596. The summed E-state index contributed by atoms with van der Waals surface area (Å²) in [5.74, 6) is 0.729. The molecular weight excluding hydrogens is 244 g/mol.